The number of amides is 1. The molecule has 0 saturated carbocycles. The monoisotopic (exact) mass is 303 g/mol. The summed E-state index contributed by atoms with van der Waals surface area (Å²) in [4.78, 5) is 20.9. The molecule has 1 unspecified atom stereocenters. The molecule has 0 aliphatic rings. The molecular formula is C19H17N3O. The molecule has 1 N–H and O–H groups in total. The van der Waals surface area contributed by atoms with Crippen molar-refractivity contribution in [2.45, 2.75) is 13.0 Å². The van der Waals surface area contributed by atoms with Gasteiger partial charge in [0.05, 0.1) is 23.0 Å². The van der Waals surface area contributed by atoms with E-state index in [1.165, 1.54) is 0 Å². The standard InChI is InChI=1S/C19H17N3O/c1-14(15-7-3-2-4-8-15)22-19(23)16-10-11-18(21-13-16)17-9-5-6-12-20-17/h2-14H,1H3,(H,22,23). The molecule has 0 bridgehead atoms. The normalized spacial score (nSPS) is 11.7. The maximum atomic E-state index is 12.3. The number of rotatable bonds is 4. The average molecular weight is 303 g/mol. The van der Waals surface area contributed by atoms with Crippen LogP contribution in [-0.2, 0) is 0 Å². The molecule has 0 saturated heterocycles. The number of nitrogens with one attached hydrogen (secondary N) is 1. The predicted octanol–water partition coefficient (Wildman–Crippen LogP) is 3.63. The van der Waals surface area contributed by atoms with Crippen molar-refractivity contribution in [2.24, 2.45) is 0 Å². The van der Waals surface area contributed by atoms with E-state index >= 15 is 0 Å². The lowest BCUT2D eigenvalue weighted by Crippen LogP contribution is -2.26. The SMILES string of the molecule is CC(NC(=O)c1ccc(-c2ccccn2)nc1)c1ccccc1. The van der Waals surface area contributed by atoms with E-state index in [1.54, 1.807) is 18.5 Å². The zero-order valence-corrected chi connectivity index (χ0v) is 12.8. The molecule has 0 spiro atoms. The van der Waals surface area contributed by atoms with Crippen LogP contribution in [0.15, 0.2) is 73.1 Å². The minimum absolute atomic E-state index is 0.0563. The van der Waals surface area contributed by atoms with Gasteiger partial charge >= 0.3 is 0 Å². The van der Waals surface area contributed by atoms with Crippen LogP contribution in [0.25, 0.3) is 11.4 Å². The molecule has 4 heteroatoms. The van der Waals surface area contributed by atoms with Gasteiger partial charge in [-0.05, 0) is 36.8 Å². The minimum Gasteiger partial charge on any atom is -0.345 e. The molecule has 0 aliphatic heterocycles. The first-order valence-corrected chi connectivity index (χ1v) is 7.47. The van der Waals surface area contributed by atoms with E-state index in [9.17, 15) is 4.79 Å². The maximum absolute atomic E-state index is 12.3. The van der Waals surface area contributed by atoms with Gasteiger partial charge in [0.1, 0.15) is 0 Å². The van der Waals surface area contributed by atoms with Gasteiger partial charge in [0.25, 0.3) is 5.91 Å². The largest absolute Gasteiger partial charge is 0.345 e. The number of hydrogen-bond acceptors (Lipinski definition) is 3. The van der Waals surface area contributed by atoms with Crippen molar-refractivity contribution in [3.8, 4) is 11.4 Å². The summed E-state index contributed by atoms with van der Waals surface area (Å²) in [6.45, 7) is 1.96. The number of benzene rings is 1. The van der Waals surface area contributed by atoms with Gasteiger partial charge in [-0.3, -0.25) is 14.8 Å². The summed E-state index contributed by atoms with van der Waals surface area (Å²) in [7, 11) is 0. The van der Waals surface area contributed by atoms with Crippen LogP contribution in [0.3, 0.4) is 0 Å². The first-order chi connectivity index (χ1) is 11.2. The third kappa shape index (κ3) is 3.61. The van der Waals surface area contributed by atoms with E-state index in [0.717, 1.165) is 17.0 Å². The maximum Gasteiger partial charge on any atom is 0.253 e. The minimum atomic E-state index is -0.138. The molecule has 0 radical (unpaired) electrons. The molecular weight excluding hydrogens is 286 g/mol. The fraction of sp³-hybridized carbons (Fsp3) is 0.105. The van der Waals surface area contributed by atoms with Gasteiger partial charge in [-0.25, -0.2) is 0 Å². The fourth-order valence-corrected chi connectivity index (χ4v) is 2.30. The molecule has 1 aromatic carbocycles. The molecule has 114 valence electrons. The lowest BCUT2D eigenvalue weighted by Gasteiger charge is -2.14. The second kappa shape index (κ2) is 6.83. The molecule has 0 fully saturated rings. The molecule has 1 amide bonds. The van der Waals surface area contributed by atoms with Crippen LogP contribution in [0.5, 0.6) is 0 Å². The van der Waals surface area contributed by atoms with E-state index in [1.807, 2.05) is 61.5 Å². The van der Waals surface area contributed by atoms with Crippen LogP contribution in [-0.4, -0.2) is 15.9 Å². The van der Waals surface area contributed by atoms with E-state index in [0.29, 0.717) is 5.56 Å². The highest BCUT2D eigenvalue weighted by Gasteiger charge is 2.12. The third-order valence-electron chi connectivity index (χ3n) is 3.60. The zero-order chi connectivity index (χ0) is 16.1. The first kappa shape index (κ1) is 14.9. The van der Waals surface area contributed by atoms with E-state index < -0.39 is 0 Å². The van der Waals surface area contributed by atoms with Crippen molar-refractivity contribution in [2.75, 3.05) is 0 Å². The van der Waals surface area contributed by atoms with Crippen LogP contribution >= 0.6 is 0 Å². The van der Waals surface area contributed by atoms with Crippen molar-refractivity contribution in [1.29, 1.82) is 0 Å². The van der Waals surface area contributed by atoms with Gasteiger partial charge in [0.2, 0.25) is 0 Å². The molecule has 3 aromatic rings. The Kier molecular flexibility index (Phi) is 4.43. The molecule has 23 heavy (non-hydrogen) atoms. The van der Waals surface area contributed by atoms with Crippen molar-refractivity contribution in [1.82, 2.24) is 15.3 Å². The smallest absolute Gasteiger partial charge is 0.253 e. The van der Waals surface area contributed by atoms with Crippen LogP contribution < -0.4 is 5.32 Å². The van der Waals surface area contributed by atoms with Gasteiger partial charge in [-0.1, -0.05) is 36.4 Å². The summed E-state index contributed by atoms with van der Waals surface area (Å²) >= 11 is 0. The van der Waals surface area contributed by atoms with E-state index in [-0.39, 0.29) is 11.9 Å². The van der Waals surface area contributed by atoms with Crippen molar-refractivity contribution >= 4 is 5.91 Å². The molecule has 3 rings (SSSR count). The Bertz CT molecular complexity index is 771. The number of aromatic nitrogens is 2. The zero-order valence-electron chi connectivity index (χ0n) is 12.8. The van der Waals surface area contributed by atoms with Crippen molar-refractivity contribution < 1.29 is 4.79 Å². The Morgan fingerprint density at radius 3 is 2.30 bits per heavy atom. The van der Waals surface area contributed by atoms with Crippen LogP contribution in [0.1, 0.15) is 28.9 Å². The summed E-state index contributed by atoms with van der Waals surface area (Å²) in [5.41, 5.74) is 3.14. The van der Waals surface area contributed by atoms with Gasteiger partial charge in [-0.2, -0.15) is 0 Å². The summed E-state index contributed by atoms with van der Waals surface area (Å²) in [6.07, 6.45) is 3.30. The Hall–Kier alpha value is -3.01. The first-order valence-electron chi connectivity index (χ1n) is 7.47. The lowest BCUT2D eigenvalue weighted by molar-refractivity contribution is 0.0939. The van der Waals surface area contributed by atoms with Gasteiger partial charge in [0, 0.05) is 12.4 Å². The Morgan fingerprint density at radius 2 is 1.65 bits per heavy atom. The van der Waals surface area contributed by atoms with Crippen molar-refractivity contribution in [3.05, 3.63) is 84.2 Å². The summed E-state index contributed by atoms with van der Waals surface area (Å²) in [5, 5.41) is 2.98. The van der Waals surface area contributed by atoms with Gasteiger partial charge in [0.15, 0.2) is 0 Å². The Labute approximate surface area is 135 Å². The quantitative estimate of drug-likeness (QED) is 0.800. The number of pyridine rings is 2. The van der Waals surface area contributed by atoms with Crippen LogP contribution in [0, 0.1) is 0 Å². The number of hydrogen-bond donors (Lipinski definition) is 1. The lowest BCUT2D eigenvalue weighted by atomic mass is 10.1. The molecule has 2 aromatic heterocycles. The molecule has 2 heterocycles. The second-order valence-electron chi connectivity index (χ2n) is 5.25. The highest BCUT2D eigenvalue weighted by molar-refractivity contribution is 5.94. The highest BCUT2D eigenvalue weighted by atomic mass is 16.1. The fourth-order valence-electron chi connectivity index (χ4n) is 2.30. The van der Waals surface area contributed by atoms with Crippen molar-refractivity contribution in [3.63, 3.8) is 0 Å². The number of carbonyl (C=O) groups is 1. The van der Waals surface area contributed by atoms with E-state index in [2.05, 4.69) is 15.3 Å². The molecule has 4 nitrogen and oxygen atoms in total. The average Bonchev–Trinajstić information content (AvgIpc) is 2.63. The highest BCUT2D eigenvalue weighted by Crippen LogP contribution is 2.15. The number of carbonyl (C=O) groups excluding carboxylic acids is 1. The third-order valence-corrected chi connectivity index (χ3v) is 3.60. The Morgan fingerprint density at radius 1 is 0.913 bits per heavy atom. The topological polar surface area (TPSA) is 54.9 Å². The summed E-state index contributed by atoms with van der Waals surface area (Å²) in [6, 6.07) is 19.0. The van der Waals surface area contributed by atoms with Crippen LogP contribution in [0.4, 0.5) is 0 Å². The number of nitrogens with zero attached hydrogens (tertiary/aromatic N) is 2. The van der Waals surface area contributed by atoms with Crippen LogP contribution in [0.2, 0.25) is 0 Å². The van der Waals surface area contributed by atoms with Gasteiger partial charge < -0.3 is 5.32 Å². The Balaban J connectivity index is 1.71. The van der Waals surface area contributed by atoms with Gasteiger partial charge in [-0.15, -0.1) is 0 Å². The summed E-state index contributed by atoms with van der Waals surface area (Å²) < 4.78 is 0. The predicted molar refractivity (Wildman–Crippen MR) is 89.8 cm³/mol. The molecule has 0 aliphatic carbocycles. The summed E-state index contributed by atoms with van der Waals surface area (Å²) in [5.74, 6) is -0.138. The molecule has 1 atom stereocenters. The van der Waals surface area contributed by atoms with E-state index in [4.69, 9.17) is 0 Å². The second-order valence-corrected chi connectivity index (χ2v) is 5.25.